The number of hydrogen-bond donors (Lipinski definition) is 2. The van der Waals surface area contributed by atoms with Crippen LogP contribution >= 0.6 is 0 Å². The lowest BCUT2D eigenvalue weighted by Crippen LogP contribution is -2.08. The highest BCUT2D eigenvalue weighted by Crippen LogP contribution is 2.38. The summed E-state index contributed by atoms with van der Waals surface area (Å²) in [5, 5.41) is 19.5. The number of rotatable bonds is 6. The minimum Gasteiger partial charge on any atom is -0.503 e. The highest BCUT2D eigenvalue weighted by molar-refractivity contribution is 5.91. The molecule has 22 heavy (non-hydrogen) atoms. The van der Waals surface area contributed by atoms with Crippen molar-refractivity contribution >= 4 is 11.0 Å². The van der Waals surface area contributed by atoms with Gasteiger partial charge in [-0.15, -0.1) is 0 Å². The Balaban J connectivity index is 2.61. The first kappa shape index (κ1) is 15.9. The van der Waals surface area contributed by atoms with Gasteiger partial charge in [-0.2, -0.15) is 0 Å². The van der Waals surface area contributed by atoms with Gasteiger partial charge in [0.15, 0.2) is 5.75 Å². The molecule has 0 aliphatic rings. The van der Waals surface area contributed by atoms with Crippen molar-refractivity contribution in [3.05, 3.63) is 40.5 Å². The second kappa shape index (κ2) is 7.00. The summed E-state index contributed by atoms with van der Waals surface area (Å²) in [6, 6.07) is 4.78. The maximum atomic E-state index is 12.0. The average Bonchev–Trinajstić information content (AvgIpc) is 2.52. The number of aliphatic hydroxyl groups excluding tert-OH is 1. The zero-order chi connectivity index (χ0) is 16.1. The summed E-state index contributed by atoms with van der Waals surface area (Å²) < 4.78 is 16.0. The lowest BCUT2D eigenvalue weighted by Gasteiger charge is -2.12. The van der Waals surface area contributed by atoms with Crippen LogP contribution in [-0.2, 0) is 0 Å². The van der Waals surface area contributed by atoms with Crippen molar-refractivity contribution < 1.29 is 24.1 Å². The van der Waals surface area contributed by atoms with Gasteiger partial charge < -0.3 is 24.1 Å². The van der Waals surface area contributed by atoms with Crippen LogP contribution in [0, 0.1) is 0 Å². The second-order valence-corrected chi connectivity index (χ2v) is 4.48. The molecule has 2 N–H and O–H groups in total. The molecule has 1 aromatic heterocycles. The Bertz CT molecular complexity index is 744. The Labute approximate surface area is 127 Å². The summed E-state index contributed by atoms with van der Waals surface area (Å²) in [5.74, 6) is 0.224. The zero-order valence-electron chi connectivity index (χ0n) is 12.5. The highest BCUT2D eigenvalue weighted by Gasteiger charge is 2.19. The molecule has 1 heterocycles. The van der Waals surface area contributed by atoms with Crippen molar-refractivity contribution in [3.8, 4) is 17.2 Å². The van der Waals surface area contributed by atoms with Crippen LogP contribution in [0.2, 0.25) is 0 Å². The Morgan fingerprint density at radius 3 is 2.82 bits per heavy atom. The van der Waals surface area contributed by atoms with E-state index in [-0.39, 0.29) is 35.7 Å². The summed E-state index contributed by atoms with van der Waals surface area (Å²) >= 11 is 0. The molecule has 0 unspecified atom stereocenters. The van der Waals surface area contributed by atoms with E-state index in [2.05, 4.69) is 0 Å². The maximum Gasteiger partial charge on any atom is 0.383 e. The van der Waals surface area contributed by atoms with Crippen molar-refractivity contribution in [2.75, 3.05) is 13.2 Å². The van der Waals surface area contributed by atoms with Crippen LogP contribution in [0.1, 0.15) is 20.3 Å². The number of aliphatic hydroxyl groups is 1. The van der Waals surface area contributed by atoms with Gasteiger partial charge in [-0.05, 0) is 25.1 Å². The molecular formula is C16H18O6. The van der Waals surface area contributed by atoms with E-state index in [0.717, 1.165) is 0 Å². The molecule has 0 bridgehead atoms. The molecule has 0 atom stereocenters. The summed E-state index contributed by atoms with van der Waals surface area (Å²) in [6.45, 7) is 3.53. The lowest BCUT2D eigenvalue weighted by molar-refractivity contribution is 0.202. The summed E-state index contributed by atoms with van der Waals surface area (Å²) in [7, 11) is 0. The van der Waals surface area contributed by atoms with E-state index in [9.17, 15) is 9.90 Å². The molecule has 0 spiro atoms. The number of aromatic hydroxyl groups is 1. The van der Waals surface area contributed by atoms with Crippen LogP contribution in [0.3, 0.4) is 0 Å². The van der Waals surface area contributed by atoms with Crippen molar-refractivity contribution in [2.24, 2.45) is 0 Å². The molecule has 0 aliphatic carbocycles. The largest absolute Gasteiger partial charge is 0.503 e. The number of fused-ring (bicyclic) bond motifs is 1. The van der Waals surface area contributed by atoms with E-state index in [0.29, 0.717) is 17.9 Å². The first-order chi connectivity index (χ1) is 10.6. The van der Waals surface area contributed by atoms with Crippen molar-refractivity contribution in [3.63, 3.8) is 0 Å². The number of benzene rings is 1. The fourth-order valence-corrected chi connectivity index (χ4v) is 2.02. The van der Waals surface area contributed by atoms with E-state index in [1.807, 2.05) is 6.92 Å². The molecule has 0 saturated carbocycles. The van der Waals surface area contributed by atoms with E-state index in [4.69, 9.17) is 19.0 Å². The molecule has 0 fully saturated rings. The van der Waals surface area contributed by atoms with Gasteiger partial charge in [-0.3, -0.25) is 0 Å². The van der Waals surface area contributed by atoms with Crippen LogP contribution < -0.4 is 15.1 Å². The van der Waals surface area contributed by atoms with Crippen LogP contribution in [-0.4, -0.2) is 23.4 Å². The van der Waals surface area contributed by atoms with E-state index in [1.165, 1.54) is 0 Å². The predicted molar refractivity (Wildman–Crippen MR) is 81.4 cm³/mol. The minimum atomic E-state index is -0.767. The molecule has 6 nitrogen and oxygen atoms in total. The SMILES string of the molecule is CC=C(CC)Oc1c(O)c2c(OCCO)cccc2oc1=O. The fraction of sp³-hybridized carbons (Fsp3) is 0.312. The maximum absolute atomic E-state index is 12.0. The van der Waals surface area contributed by atoms with Gasteiger partial charge in [-0.25, -0.2) is 4.79 Å². The molecule has 2 aromatic rings. The third-order valence-corrected chi connectivity index (χ3v) is 3.08. The third kappa shape index (κ3) is 3.07. The van der Waals surface area contributed by atoms with Gasteiger partial charge in [0, 0.05) is 6.42 Å². The topological polar surface area (TPSA) is 89.1 Å². The molecule has 118 valence electrons. The first-order valence-electron chi connectivity index (χ1n) is 6.97. The average molecular weight is 306 g/mol. The van der Waals surface area contributed by atoms with Crippen molar-refractivity contribution in [2.45, 2.75) is 20.3 Å². The summed E-state index contributed by atoms with van der Waals surface area (Å²) in [6.07, 6.45) is 2.27. The van der Waals surface area contributed by atoms with Gasteiger partial charge >= 0.3 is 5.63 Å². The summed E-state index contributed by atoms with van der Waals surface area (Å²) in [4.78, 5) is 12.0. The highest BCUT2D eigenvalue weighted by atomic mass is 16.5. The normalized spacial score (nSPS) is 11.7. The quantitative estimate of drug-likeness (QED) is 0.630. The van der Waals surface area contributed by atoms with Crippen LogP contribution in [0.25, 0.3) is 11.0 Å². The van der Waals surface area contributed by atoms with Crippen LogP contribution in [0.4, 0.5) is 0 Å². The van der Waals surface area contributed by atoms with Gasteiger partial charge in [0.25, 0.3) is 5.75 Å². The molecule has 0 saturated heterocycles. The molecule has 0 radical (unpaired) electrons. The molecule has 6 heteroatoms. The summed E-state index contributed by atoms with van der Waals surface area (Å²) in [5.41, 5.74) is -0.582. The van der Waals surface area contributed by atoms with E-state index in [1.54, 1.807) is 31.2 Å². The second-order valence-electron chi connectivity index (χ2n) is 4.48. The number of hydrogen-bond acceptors (Lipinski definition) is 6. The lowest BCUT2D eigenvalue weighted by atomic mass is 10.2. The van der Waals surface area contributed by atoms with Gasteiger partial charge in [0.05, 0.1) is 6.61 Å². The smallest absolute Gasteiger partial charge is 0.383 e. The Hall–Kier alpha value is -2.47. The molecule has 2 rings (SSSR count). The van der Waals surface area contributed by atoms with Crippen molar-refractivity contribution in [1.29, 1.82) is 0 Å². The zero-order valence-corrected chi connectivity index (χ0v) is 12.5. The minimum absolute atomic E-state index is 0.0585. The molecule has 0 aliphatic heterocycles. The monoisotopic (exact) mass is 306 g/mol. The molecule has 1 aromatic carbocycles. The van der Waals surface area contributed by atoms with Gasteiger partial charge in [0.1, 0.15) is 29.1 Å². The third-order valence-electron chi connectivity index (χ3n) is 3.08. The van der Waals surface area contributed by atoms with Crippen molar-refractivity contribution in [1.82, 2.24) is 0 Å². The van der Waals surface area contributed by atoms with E-state index >= 15 is 0 Å². The van der Waals surface area contributed by atoms with Gasteiger partial charge in [-0.1, -0.05) is 13.0 Å². The Morgan fingerprint density at radius 2 is 2.18 bits per heavy atom. The first-order valence-corrected chi connectivity index (χ1v) is 6.97. The van der Waals surface area contributed by atoms with Crippen LogP contribution in [0.5, 0.6) is 17.2 Å². The Kier molecular flexibility index (Phi) is 5.06. The van der Waals surface area contributed by atoms with Crippen LogP contribution in [0.15, 0.2) is 39.2 Å². The standard InChI is InChI=1S/C16H18O6/c1-3-10(4-2)21-15-14(18)13-11(20-9-8-17)6-5-7-12(13)22-16(15)19/h3,5-7,17-18H,4,8-9H2,1-2H3. The Morgan fingerprint density at radius 1 is 1.41 bits per heavy atom. The molecule has 0 amide bonds. The predicted octanol–water partition coefficient (Wildman–Crippen LogP) is 2.56. The van der Waals surface area contributed by atoms with Gasteiger partial charge in [0.2, 0.25) is 0 Å². The van der Waals surface area contributed by atoms with E-state index < -0.39 is 5.63 Å². The molecular weight excluding hydrogens is 288 g/mol. The number of ether oxygens (including phenoxy) is 2. The fourth-order valence-electron chi connectivity index (χ4n) is 2.02. The number of allylic oxidation sites excluding steroid dienone is 2.